The van der Waals surface area contributed by atoms with E-state index in [1.165, 1.54) is 16.5 Å². The maximum Gasteiger partial charge on any atom is 0.120 e. The monoisotopic (exact) mass is 458 g/mol. The SMILES string of the molecule is OC1CCOC(c2cccc(COc3ccc4c(-c5ccccc5)cc(CCl)cc4c3)c2)C1. The lowest BCUT2D eigenvalue weighted by Crippen LogP contribution is -2.23. The van der Waals surface area contributed by atoms with E-state index >= 15 is 0 Å². The predicted octanol–water partition coefficient (Wildman–Crippen LogP) is 7.04. The van der Waals surface area contributed by atoms with Crippen LogP contribution in [0.1, 0.15) is 35.6 Å². The van der Waals surface area contributed by atoms with Gasteiger partial charge in [-0.3, -0.25) is 0 Å². The molecule has 4 heteroatoms. The largest absolute Gasteiger partial charge is 0.489 e. The van der Waals surface area contributed by atoms with Crippen molar-refractivity contribution in [3.63, 3.8) is 0 Å². The molecule has 5 rings (SSSR count). The number of rotatable bonds is 6. The zero-order chi connectivity index (χ0) is 22.6. The molecule has 0 saturated carbocycles. The Morgan fingerprint density at radius 2 is 1.79 bits per heavy atom. The Morgan fingerprint density at radius 1 is 0.909 bits per heavy atom. The number of halogens is 1. The van der Waals surface area contributed by atoms with Crippen molar-refractivity contribution in [2.75, 3.05) is 6.61 Å². The molecule has 2 unspecified atom stereocenters. The molecule has 4 aromatic rings. The first-order chi connectivity index (χ1) is 16.2. The van der Waals surface area contributed by atoms with E-state index in [-0.39, 0.29) is 12.2 Å². The van der Waals surface area contributed by atoms with Crippen LogP contribution in [-0.4, -0.2) is 17.8 Å². The predicted molar refractivity (Wildman–Crippen MR) is 134 cm³/mol. The van der Waals surface area contributed by atoms with E-state index < -0.39 is 0 Å². The molecule has 0 bridgehead atoms. The molecular weight excluding hydrogens is 432 g/mol. The fourth-order valence-electron chi connectivity index (χ4n) is 4.50. The molecule has 2 atom stereocenters. The smallest absolute Gasteiger partial charge is 0.120 e. The number of fused-ring (bicyclic) bond motifs is 1. The van der Waals surface area contributed by atoms with Crippen LogP contribution in [0.5, 0.6) is 5.75 Å². The number of alkyl halides is 1. The van der Waals surface area contributed by atoms with Gasteiger partial charge in [0.2, 0.25) is 0 Å². The highest BCUT2D eigenvalue weighted by molar-refractivity contribution is 6.17. The minimum absolute atomic E-state index is 0.0558. The molecule has 33 heavy (non-hydrogen) atoms. The Kier molecular flexibility index (Phi) is 6.63. The molecule has 0 aromatic heterocycles. The van der Waals surface area contributed by atoms with Gasteiger partial charge in [0.15, 0.2) is 0 Å². The van der Waals surface area contributed by atoms with E-state index in [9.17, 15) is 5.11 Å². The number of ether oxygens (including phenoxy) is 2. The van der Waals surface area contributed by atoms with Crippen LogP contribution in [0.2, 0.25) is 0 Å². The van der Waals surface area contributed by atoms with Gasteiger partial charge in [-0.1, -0.05) is 54.6 Å². The average Bonchev–Trinajstić information content (AvgIpc) is 2.87. The average molecular weight is 459 g/mol. The highest BCUT2D eigenvalue weighted by Gasteiger charge is 2.22. The third-order valence-corrected chi connectivity index (χ3v) is 6.52. The fraction of sp³-hybridized carbons (Fsp3) is 0.241. The Hall–Kier alpha value is -2.85. The van der Waals surface area contributed by atoms with Gasteiger partial charge in [0.25, 0.3) is 0 Å². The van der Waals surface area contributed by atoms with E-state index in [4.69, 9.17) is 21.1 Å². The van der Waals surface area contributed by atoms with Crippen LogP contribution in [0, 0.1) is 0 Å². The maximum absolute atomic E-state index is 9.97. The zero-order valence-corrected chi connectivity index (χ0v) is 19.2. The molecule has 3 nitrogen and oxygen atoms in total. The summed E-state index contributed by atoms with van der Waals surface area (Å²) in [5.74, 6) is 1.29. The normalized spacial score (nSPS) is 18.4. The quantitative estimate of drug-likeness (QED) is 0.315. The lowest BCUT2D eigenvalue weighted by molar-refractivity contribution is -0.0448. The van der Waals surface area contributed by atoms with E-state index in [2.05, 4.69) is 66.7 Å². The Balaban J connectivity index is 1.37. The number of aliphatic hydroxyl groups is 1. The lowest BCUT2D eigenvalue weighted by Gasteiger charge is -2.27. The van der Waals surface area contributed by atoms with Crippen LogP contribution in [0.3, 0.4) is 0 Å². The summed E-state index contributed by atoms with van der Waals surface area (Å²) in [4.78, 5) is 0. The topological polar surface area (TPSA) is 38.7 Å². The number of hydrogen-bond donors (Lipinski definition) is 1. The molecule has 1 aliphatic heterocycles. The molecule has 1 saturated heterocycles. The molecule has 168 valence electrons. The summed E-state index contributed by atoms with van der Waals surface area (Å²) in [5.41, 5.74) is 5.61. The van der Waals surface area contributed by atoms with E-state index in [0.717, 1.165) is 27.8 Å². The van der Waals surface area contributed by atoms with Gasteiger partial charge in [-0.2, -0.15) is 0 Å². The van der Waals surface area contributed by atoms with E-state index in [1.54, 1.807) is 0 Å². The first-order valence-corrected chi connectivity index (χ1v) is 11.9. The fourth-order valence-corrected chi connectivity index (χ4v) is 4.65. The molecule has 0 radical (unpaired) electrons. The summed E-state index contributed by atoms with van der Waals surface area (Å²) in [6.07, 6.45) is 1.00. The van der Waals surface area contributed by atoms with Gasteiger partial charge in [-0.25, -0.2) is 0 Å². The maximum atomic E-state index is 9.97. The lowest BCUT2D eigenvalue weighted by atomic mass is 9.96. The van der Waals surface area contributed by atoms with Gasteiger partial charge in [-0.05, 0) is 75.3 Å². The molecule has 1 fully saturated rings. The molecule has 1 aliphatic rings. The van der Waals surface area contributed by atoms with Crippen molar-refractivity contribution in [3.8, 4) is 16.9 Å². The Bertz CT molecular complexity index is 1240. The third kappa shape index (κ3) is 5.06. The van der Waals surface area contributed by atoms with Gasteiger partial charge in [0.1, 0.15) is 12.4 Å². The van der Waals surface area contributed by atoms with E-state index in [0.29, 0.717) is 31.9 Å². The van der Waals surface area contributed by atoms with Crippen molar-refractivity contribution in [2.24, 2.45) is 0 Å². The van der Waals surface area contributed by atoms with Crippen molar-refractivity contribution in [1.82, 2.24) is 0 Å². The number of hydrogen-bond acceptors (Lipinski definition) is 3. The molecule has 0 spiro atoms. The van der Waals surface area contributed by atoms with Gasteiger partial charge < -0.3 is 14.6 Å². The van der Waals surface area contributed by atoms with Gasteiger partial charge in [0.05, 0.1) is 12.2 Å². The van der Waals surface area contributed by atoms with Crippen molar-refractivity contribution < 1.29 is 14.6 Å². The van der Waals surface area contributed by atoms with Crippen LogP contribution >= 0.6 is 11.6 Å². The second-order valence-corrected chi connectivity index (χ2v) is 8.86. The summed E-state index contributed by atoms with van der Waals surface area (Å²) in [5, 5.41) is 12.3. The van der Waals surface area contributed by atoms with Crippen LogP contribution in [-0.2, 0) is 17.2 Å². The van der Waals surface area contributed by atoms with Crippen LogP contribution in [0.4, 0.5) is 0 Å². The summed E-state index contributed by atoms with van der Waals surface area (Å²) in [6.45, 7) is 1.06. The van der Waals surface area contributed by atoms with Crippen molar-refractivity contribution in [2.45, 2.75) is 37.5 Å². The Morgan fingerprint density at radius 3 is 2.61 bits per heavy atom. The molecule has 0 aliphatic carbocycles. The van der Waals surface area contributed by atoms with Crippen LogP contribution in [0.25, 0.3) is 21.9 Å². The van der Waals surface area contributed by atoms with Crippen molar-refractivity contribution in [3.05, 3.63) is 102 Å². The number of benzene rings is 4. The van der Waals surface area contributed by atoms with Gasteiger partial charge in [0, 0.05) is 18.9 Å². The minimum Gasteiger partial charge on any atom is -0.489 e. The summed E-state index contributed by atoms with van der Waals surface area (Å²) in [7, 11) is 0. The van der Waals surface area contributed by atoms with Crippen molar-refractivity contribution in [1.29, 1.82) is 0 Å². The first-order valence-electron chi connectivity index (χ1n) is 11.4. The second kappa shape index (κ2) is 9.96. The molecule has 1 N–H and O–H groups in total. The minimum atomic E-state index is -0.292. The number of aliphatic hydroxyl groups excluding tert-OH is 1. The van der Waals surface area contributed by atoms with E-state index in [1.807, 2.05) is 18.2 Å². The summed E-state index contributed by atoms with van der Waals surface area (Å²) < 4.78 is 12.0. The third-order valence-electron chi connectivity index (χ3n) is 6.21. The van der Waals surface area contributed by atoms with Crippen molar-refractivity contribution >= 4 is 22.4 Å². The highest BCUT2D eigenvalue weighted by atomic mass is 35.5. The summed E-state index contributed by atoms with van der Waals surface area (Å²) in [6, 6.07) is 29.2. The van der Waals surface area contributed by atoms with Crippen LogP contribution in [0.15, 0.2) is 84.9 Å². The first kappa shape index (κ1) is 22.0. The van der Waals surface area contributed by atoms with Crippen LogP contribution < -0.4 is 4.74 Å². The molecule has 0 amide bonds. The highest BCUT2D eigenvalue weighted by Crippen LogP contribution is 2.33. The summed E-state index contributed by atoms with van der Waals surface area (Å²) >= 11 is 6.20. The second-order valence-electron chi connectivity index (χ2n) is 8.60. The molecule has 1 heterocycles. The zero-order valence-electron chi connectivity index (χ0n) is 18.4. The standard InChI is InChI=1S/C29H27ClO3/c30-18-21-14-24-16-26(9-10-27(24)28(15-21)22-6-2-1-3-7-22)33-19-20-5-4-8-23(13-20)29-17-25(31)11-12-32-29/h1-10,13-16,25,29,31H,11-12,17-19H2. The van der Waals surface area contributed by atoms with Gasteiger partial charge >= 0.3 is 0 Å². The molecule has 4 aromatic carbocycles. The Labute approximate surface area is 199 Å². The van der Waals surface area contributed by atoms with Gasteiger partial charge in [-0.15, -0.1) is 11.6 Å². The molecular formula is C29H27ClO3.